The quantitative estimate of drug-likeness (QED) is 0.591. The smallest absolute Gasteiger partial charge is 0.191 e. The molecule has 2 aromatic carbocycles. The molecule has 0 saturated heterocycles. The van der Waals surface area contributed by atoms with Gasteiger partial charge in [-0.25, -0.2) is 0 Å². The molecule has 0 aliphatic heterocycles. The minimum atomic E-state index is 0.659. The van der Waals surface area contributed by atoms with Crippen molar-refractivity contribution in [2.45, 2.75) is 17.8 Å². The van der Waals surface area contributed by atoms with Crippen LogP contribution in [0.3, 0.4) is 0 Å². The maximum atomic E-state index is 5.94. The molecule has 0 saturated carbocycles. The maximum absolute atomic E-state index is 5.94. The van der Waals surface area contributed by atoms with Gasteiger partial charge in [0.1, 0.15) is 5.75 Å². The molecule has 0 bridgehead atoms. The molecule has 0 amide bonds. The first-order chi connectivity index (χ1) is 11.7. The van der Waals surface area contributed by atoms with Crippen LogP contribution in [0.2, 0.25) is 5.02 Å². The second-order valence-corrected chi connectivity index (χ2v) is 6.58. The first kappa shape index (κ1) is 16.9. The van der Waals surface area contributed by atoms with Gasteiger partial charge in [-0.05, 0) is 37.3 Å². The summed E-state index contributed by atoms with van der Waals surface area (Å²) in [5, 5.41) is 10.2. The summed E-state index contributed by atoms with van der Waals surface area (Å²) in [7, 11) is 1.97. The summed E-state index contributed by atoms with van der Waals surface area (Å²) in [4.78, 5) is 0. The highest BCUT2D eigenvalue weighted by Gasteiger charge is 2.12. The zero-order chi connectivity index (χ0) is 16.9. The molecule has 0 spiro atoms. The van der Waals surface area contributed by atoms with Gasteiger partial charge in [-0.2, -0.15) is 0 Å². The van der Waals surface area contributed by atoms with Crippen LogP contribution in [-0.2, 0) is 12.8 Å². The zero-order valence-electron chi connectivity index (χ0n) is 13.6. The van der Waals surface area contributed by atoms with Crippen molar-refractivity contribution in [2.75, 3.05) is 6.61 Å². The number of hydrogen-bond acceptors (Lipinski definition) is 4. The zero-order valence-corrected chi connectivity index (χ0v) is 15.1. The molecule has 3 rings (SSSR count). The van der Waals surface area contributed by atoms with Crippen LogP contribution >= 0.6 is 23.4 Å². The molecule has 3 aromatic rings. The van der Waals surface area contributed by atoms with E-state index in [-0.39, 0.29) is 0 Å². The van der Waals surface area contributed by atoms with Crippen molar-refractivity contribution in [3.8, 4) is 17.1 Å². The fourth-order valence-electron chi connectivity index (χ4n) is 2.35. The number of para-hydroxylation sites is 1. The second-order valence-electron chi connectivity index (χ2n) is 5.20. The summed E-state index contributed by atoms with van der Waals surface area (Å²) < 4.78 is 7.67. The average molecular weight is 360 g/mol. The minimum Gasteiger partial charge on any atom is -0.494 e. The number of hydrogen-bond donors (Lipinski definition) is 0. The third kappa shape index (κ3) is 3.74. The van der Waals surface area contributed by atoms with Crippen molar-refractivity contribution in [1.29, 1.82) is 0 Å². The first-order valence-corrected chi connectivity index (χ1v) is 9.04. The lowest BCUT2D eigenvalue weighted by Crippen LogP contribution is -1.97. The Hall–Kier alpha value is -1.98. The summed E-state index contributed by atoms with van der Waals surface area (Å²) in [5.41, 5.74) is 2.15. The summed E-state index contributed by atoms with van der Waals surface area (Å²) in [6.45, 7) is 2.65. The Bertz CT molecular complexity index is 817. The lowest BCUT2D eigenvalue weighted by Gasteiger charge is -2.09. The highest BCUT2D eigenvalue weighted by molar-refractivity contribution is 7.98. The van der Waals surface area contributed by atoms with Crippen LogP contribution in [0.1, 0.15) is 12.5 Å². The van der Waals surface area contributed by atoms with E-state index >= 15 is 0 Å². The Morgan fingerprint density at radius 1 is 1.08 bits per heavy atom. The molecule has 0 aliphatic rings. The SMILES string of the molecule is CCOc1ccccc1CSc1nnc(-c2ccc(Cl)cc2)n1C. The summed E-state index contributed by atoms with van der Waals surface area (Å²) in [6.07, 6.45) is 0. The fraction of sp³-hybridized carbons (Fsp3) is 0.222. The van der Waals surface area contributed by atoms with E-state index in [1.165, 1.54) is 0 Å². The molecule has 0 aliphatic carbocycles. The average Bonchev–Trinajstić information content (AvgIpc) is 2.96. The van der Waals surface area contributed by atoms with Crippen LogP contribution in [0.5, 0.6) is 5.75 Å². The van der Waals surface area contributed by atoms with Gasteiger partial charge in [-0.15, -0.1) is 10.2 Å². The molecule has 0 N–H and O–H groups in total. The van der Waals surface area contributed by atoms with Crippen molar-refractivity contribution in [2.24, 2.45) is 7.05 Å². The van der Waals surface area contributed by atoms with E-state index in [4.69, 9.17) is 16.3 Å². The Kier molecular flexibility index (Phi) is 5.43. The number of halogens is 1. The van der Waals surface area contributed by atoms with Crippen LogP contribution in [-0.4, -0.2) is 21.4 Å². The molecule has 0 radical (unpaired) electrons. The number of aromatic nitrogens is 3. The monoisotopic (exact) mass is 359 g/mol. The van der Waals surface area contributed by atoms with E-state index in [1.807, 2.05) is 61.0 Å². The molecule has 4 nitrogen and oxygen atoms in total. The Morgan fingerprint density at radius 2 is 1.83 bits per heavy atom. The standard InChI is InChI=1S/C18H18ClN3OS/c1-3-23-16-7-5-4-6-14(16)12-24-18-21-20-17(22(18)2)13-8-10-15(19)11-9-13/h4-11H,3,12H2,1-2H3. The molecule has 1 heterocycles. The lowest BCUT2D eigenvalue weighted by molar-refractivity contribution is 0.337. The first-order valence-electron chi connectivity index (χ1n) is 7.68. The van der Waals surface area contributed by atoms with Gasteiger partial charge in [0, 0.05) is 29.0 Å². The molecule has 6 heteroatoms. The summed E-state index contributed by atoms with van der Waals surface area (Å²) in [6, 6.07) is 15.7. The van der Waals surface area contributed by atoms with E-state index in [2.05, 4.69) is 16.3 Å². The van der Waals surface area contributed by atoms with Gasteiger partial charge in [0.15, 0.2) is 11.0 Å². The third-order valence-corrected chi connectivity index (χ3v) is 4.89. The highest BCUT2D eigenvalue weighted by Crippen LogP contribution is 2.29. The predicted molar refractivity (Wildman–Crippen MR) is 98.6 cm³/mol. The Morgan fingerprint density at radius 3 is 2.58 bits per heavy atom. The topological polar surface area (TPSA) is 39.9 Å². The van der Waals surface area contributed by atoms with Crippen LogP contribution < -0.4 is 4.74 Å². The van der Waals surface area contributed by atoms with E-state index in [9.17, 15) is 0 Å². The van der Waals surface area contributed by atoms with Gasteiger partial charge >= 0.3 is 0 Å². The van der Waals surface area contributed by atoms with Crippen LogP contribution in [0.15, 0.2) is 53.7 Å². The molecular weight excluding hydrogens is 342 g/mol. The normalized spacial score (nSPS) is 10.8. The molecule has 24 heavy (non-hydrogen) atoms. The van der Waals surface area contributed by atoms with Crippen LogP contribution in [0.25, 0.3) is 11.4 Å². The lowest BCUT2D eigenvalue weighted by atomic mass is 10.2. The number of rotatable bonds is 6. The van der Waals surface area contributed by atoms with E-state index in [1.54, 1.807) is 11.8 Å². The Balaban J connectivity index is 1.76. The number of nitrogens with zero attached hydrogens (tertiary/aromatic N) is 3. The highest BCUT2D eigenvalue weighted by atomic mass is 35.5. The summed E-state index contributed by atoms with van der Waals surface area (Å²) >= 11 is 7.59. The van der Waals surface area contributed by atoms with Crippen molar-refractivity contribution in [3.63, 3.8) is 0 Å². The largest absolute Gasteiger partial charge is 0.494 e. The van der Waals surface area contributed by atoms with Gasteiger partial charge < -0.3 is 9.30 Å². The predicted octanol–water partition coefficient (Wildman–Crippen LogP) is 4.83. The van der Waals surface area contributed by atoms with Crippen LogP contribution in [0, 0.1) is 0 Å². The third-order valence-electron chi connectivity index (χ3n) is 3.57. The van der Waals surface area contributed by atoms with Crippen molar-refractivity contribution < 1.29 is 4.74 Å². The Labute approximate surface area is 150 Å². The molecule has 1 aromatic heterocycles. The van der Waals surface area contributed by atoms with Gasteiger partial charge in [0.25, 0.3) is 0 Å². The molecule has 0 fully saturated rings. The van der Waals surface area contributed by atoms with Gasteiger partial charge in [0.05, 0.1) is 6.61 Å². The number of ether oxygens (including phenoxy) is 1. The maximum Gasteiger partial charge on any atom is 0.191 e. The van der Waals surface area contributed by atoms with Gasteiger partial charge in [0.2, 0.25) is 0 Å². The molecule has 124 valence electrons. The molecular formula is C18H18ClN3OS. The van der Waals surface area contributed by atoms with Crippen molar-refractivity contribution in [1.82, 2.24) is 14.8 Å². The minimum absolute atomic E-state index is 0.659. The van der Waals surface area contributed by atoms with E-state index in [0.717, 1.165) is 33.6 Å². The van der Waals surface area contributed by atoms with Gasteiger partial charge in [-0.1, -0.05) is 41.6 Å². The molecule has 0 atom stereocenters. The fourth-order valence-corrected chi connectivity index (χ4v) is 3.38. The van der Waals surface area contributed by atoms with Gasteiger partial charge in [-0.3, -0.25) is 0 Å². The summed E-state index contributed by atoms with van der Waals surface area (Å²) in [5.74, 6) is 2.53. The van der Waals surface area contributed by atoms with Crippen molar-refractivity contribution >= 4 is 23.4 Å². The van der Waals surface area contributed by atoms with Crippen molar-refractivity contribution in [3.05, 3.63) is 59.1 Å². The van der Waals surface area contributed by atoms with E-state index in [0.29, 0.717) is 11.6 Å². The number of thioether (sulfide) groups is 1. The second kappa shape index (κ2) is 7.73. The van der Waals surface area contributed by atoms with Crippen LogP contribution in [0.4, 0.5) is 0 Å². The molecule has 0 unspecified atom stereocenters. The van der Waals surface area contributed by atoms with E-state index < -0.39 is 0 Å². The number of benzene rings is 2.